The molecular weight excluding hydrogens is 483 g/mol. The second-order valence-corrected chi connectivity index (χ2v) is 9.85. The number of hydrogen-bond donors (Lipinski definition) is 2. The molecule has 0 aliphatic carbocycles. The van der Waals surface area contributed by atoms with Gasteiger partial charge in [0.2, 0.25) is 0 Å². The summed E-state index contributed by atoms with van der Waals surface area (Å²) in [4.78, 5) is 17.2. The summed E-state index contributed by atoms with van der Waals surface area (Å²) in [6.07, 6.45) is 0. The molecule has 4 aromatic rings. The Hall–Kier alpha value is -3.07. The van der Waals surface area contributed by atoms with Crippen LogP contribution in [0.25, 0.3) is 11.0 Å². The predicted molar refractivity (Wildman–Crippen MR) is 131 cm³/mol. The first kappa shape index (κ1) is 23.1. The number of halogens is 2. The molecule has 170 valence electrons. The number of anilines is 1. The normalized spacial score (nSPS) is 11.5. The van der Waals surface area contributed by atoms with Crippen LogP contribution in [0, 0.1) is 13.8 Å². The van der Waals surface area contributed by atoms with Gasteiger partial charge in [-0.05, 0) is 61.9 Å². The summed E-state index contributed by atoms with van der Waals surface area (Å²) in [5.41, 5.74) is 3.71. The van der Waals surface area contributed by atoms with Gasteiger partial charge in [0.25, 0.3) is 5.91 Å². The monoisotopic (exact) mass is 502 g/mol. The molecule has 0 saturated heterocycles. The molecule has 0 radical (unpaired) electrons. The highest BCUT2D eigenvalue weighted by atomic mass is 35.5. The third-order valence-electron chi connectivity index (χ3n) is 5.08. The molecule has 3 aromatic carbocycles. The van der Waals surface area contributed by atoms with Crippen molar-refractivity contribution in [2.24, 2.45) is 0 Å². The number of carbonyl (C=O) groups excluding carboxylic acids is 1. The Bertz CT molecular complexity index is 1470. The summed E-state index contributed by atoms with van der Waals surface area (Å²) < 4.78 is 31.1. The first-order chi connectivity index (χ1) is 15.6. The zero-order chi connectivity index (χ0) is 23.8. The number of fused-ring (bicyclic) bond motifs is 1. The van der Waals surface area contributed by atoms with Gasteiger partial charge >= 0.3 is 10.2 Å². The molecule has 1 amide bonds. The van der Waals surface area contributed by atoms with Crippen LogP contribution in [-0.4, -0.2) is 23.9 Å². The van der Waals surface area contributed by atoms with E-state index in [1.165, 1.54) is 6.07 Å². The van der Waals surface area contributed by atoms with Crippen LogP contribution in [0.1, 0.15) is 27.3 Å². The molecule has 1 aromatic heterocycles. The van der Waals surface area contributed by atoms with Crippen LogP contribution in [0.4, 0.5) is 5.69 Å². The van der Waals surface area contributed by atoms with Gasteiger partial charge in [-0.25, -0.2) is 9.71 Å². The van der Waals surface area contributed by atoms with Crippen LogP contribution in [0.15, 0.2) is 60.7 Å². The van der Waals surface area contributed by atoms with Crippen LogP contribution in [0.3, 0.4) is 0 Å². The number of nitrogens with one attached hydrogen (secondary N) is 2. The smallest absolute Gasteiger partial charge is 0.323 e. The fourth-order valence-corrected chi connectivity index (χ4v) is 4.72. The van der Waals surface area contributed by atoms with Crippen LogP contribution in [0.2, 0.25) is 10.0 Å². The fraction of sp³-hybridized carbons (Fsp3) is 0.130. The Labute approximate surface area is 201 Å². The lowest BCUT2D eigenvalue weighted by atomic mass is 10.2. The SMILES string of the molecule is Cc1ccc(NS(=O)(=O)NC(=O)c2ccc3nc(C)n(Cc4ccc(Cl)cc4Cl)c3c2)cc1. The third-order valence-corrected chi connectivity index (χ3v) is 6.62. The number of benzene rings is 3. The largest absolute Gasteiger partial charge is 0.324 e. The Kier molecular flexibility index (Phi) is 6.34. The molecule has 0 aliphatic heterocycles. The van der Waals surface area contributed by atoms with E-state index in [9.17, 15) is 13.2 Å². The summed E-state index contributed by atoms with van der Waals surface area (Å²) >= 11 is 12.3. The van der Waals surface area contributed by atoms with Crippen molar-refractivity contribution in [1.82, 2.24) is 14.3 Å². The van der Waals surface area contributed by atoms with E-state index in [2.05, 4.69) is 9.71 Å². The van der Waals surface area contributed by atoms with Crippen molar-refractivity contribution in [3.8, 4) is 0 Å². The number of carbonyl (C=O) groups is 1. The van der Waals surface area contributed by atoms with Crippen molar-refractivity contribution in [1.29, 1.82) is 0 Å². The maximum atomic E-state index is 12.7. The van der Waals surface area contributed by atoms with Gasteiger partial charge in [0.05, 0.1) is 23.3 Å². The molecule has 0 spiro atoms. The van der Waals surface area contributed by atoms with Gasteiger partial charge in [-0.1, -0.05) is 47.0 Å². The maximum absolute atomic E-state index is 12.7. The van der Waals surface area contributed by atoms with E-state index in [0.29, 0.717) is 33.3 Å². The maximum Gasteiger partial charge on any atom is 0.323 e. The molecule has 0 atom stereocenters. The topological polar surface area (TPSA) is 93.1 Å². The van der Waals surface area contributed by atoms with Crippen molar-refractivity contribution in [2.45, 2.75) is 20.4 Å². The highest BCUT2D eigenvalue weighted by molar-refractivity contribution is 7.91. The first-order valence-electron chi connectivity index (χ1n) is 9.94. The molecule has 0 saturated carbocycles. The molecule has 0 aliphatic rings. The molecule has 0 unspecified atom stereocenters. The Morgan fingerprint density at radius 1 is 1.00 bits per heavy atom. The number of imidazole rings is 1. The van der Waals surface area contributed by atoms with Crippen LogP contribution < -0.4 is 9.44 Å². The zero-order valence-electron chi connectivity index (χ0n) is 17.8. The molecule has 0 fully saturated rings. The molecular formula is C23H20Cl2N4O3S. The standard InChI is InChI=1S/C23H20Cl2N4O3S/c1-14-3-8-19(9-4-14)27-33(31,32)28-23(30)16-6-10-21-22(11-16)29(15(2)26-21)13-17-5-7-18(24)12-20(17)25/h3-12,27H,13H2,1-2H3,(H,28,30). The van der Waals surface area contributed by atoms with Crippen molar-refractivity contribution in [3.05, 3.63) is 93.2 Å². The van der Waals surface area contributed by atoms with Crippen LogP contribution in [-0.2, 0) is 16.8 Å². The number of rotatable bonds is 6. The molecule has 7 nitrogen and oxygen atoms in total. The van der Waals surface area contributed by atoms with E-state index < -0.39 is 16.1 Å². The van der Waals surface area contributed by atoms with Gasteiger partial charge in [0.1, 0.15) is 5.82 Å². The number of aryl methyl sites for hydroxylation is 2. The minimum Gasteiger partial charge on any atom is -0.324 e. The fourth-order valence-electron chi connectivity index (χ4n) is 3.39. The second-order valence-electron chi connectivity index (χ2n) is 7.59. The summed E-state index contributed by atoms with van der Waals surface area (Å²) in [5, 5.41) is 1.06. The summed E-state index contributed by atoms with van der Waals surface area (Å²) in [6, 6.07) is 16.8. The molecule has 10 heteroatoms. The Balaban J connectivity index is 1.59. The van der Waals surface area contributed by atoms with E-state index in [1.54, 1.807) is 48.5 Å². The van der Waals surface area contributed by atoms with Gasteiger partial charge < -0.3 is 4.57 Å². The van der Waals surface area contributed by atoms with E-state index in [0.717, 1.165) is 17.0 Å². The number of hydrogen-bond acceptors (Lipinski definition) is 4. The van der Waals surface area contributed by atoms with Crippen LogP contribution >= 0.6 is 23.2 Å². The molecule has 2 N–H and O–H groups in total. The van der Waals surface area contributed by atoms with Crippen LogP contribution in [0.5, 0.6) is 0 Å². The minimum atomic E-state index is -4.11. The average Bonchev–Trinajstić information content (AvgIpc) is 3.05. The zero-order valence-corrected chi connectivity index (χ0v) is 20.1. The lowest BCUT2D eigenvalue weighted by Gasteiger charge is -2.11. The number of aromatic nitrogens is 2. The molecule has 4 rings (SSSR count). The van der Waals surface area contributed by atoms with E-state index >= 15 is 0 Å². The average molecular weight is 503 g/mol. The van der Waals surface area contributed by atoms with E-state index in [-0.39, 0.29) is 5.56 Å². The third kappa shape index (κ3) is 5.30. The number of nitrogens with zero attached hydrogens (tertiary/aromatic N) is 2. The summed E-state index contributed by atoms with van der Waals surface area (Å²) in [6.45, 7) is 4.15. The lowest BCUT2D eigenvalue weighted by molar-refractivity contribution is 0.0981. The first-order valence-corrected chi connectivity index (χ1v) is 12.2. The Morgan fingerprint density at radius 3 is 2.42 bits per heavy atom. The van der Waals surface area contributed by atoms with E-state index in [4.69, 9.17) is 23.2 Å². The van der Waals surface area contributed by atoms with Gasteiger partial charge in [-0.2, -0.15) is 8.42 Å². The van der Waals surface area contributed by atoms with Crippen molar-refractivity contribution < 1.29 is 13.2 Å². The molecule has 0 bridgehead atoms. The van der Waals surface area contributed by atoms with E-state index in [1.807, 2.05) is 29.2 Å². The van der Waals surface area contributed by atoms with Crippen molar-refractivity contribution in [3.63, 3.8) is 0 Å². The molecule has 33 heavy (non-hydrogen) atoms. The van der Waals surface area contributed by atoms with Gasteiger partial charge in [-0.3, -0.25) is 9.52 Å². The highest BCUT2D eigenvalue weighted by Gasteiger charge is 2.18. The number of amides is 1. The van der Waals surface area contributed by atoms with Gasteiger partial charge in [-0.15, -0.1) is 0 Å². The lowest BCUT2D eigenvalue weighted by Crippen LogP contribution is -2.35. The van der Waals surface area contributed by atoms with Crippen molar-refractivity contribution in [2.75, 3.05) is 4.72 Å². The minimum absolute atomic E-state index is 0.181. The summed E-state index contributed by atoms with van der Waals surface area (Å²) in [5.74, 6) is -0.0336. The quantitative estimate of drug-likeness (QED) is 0.383. The van der Waals surface area contributed by atoms with Crippen molar-refractivity contribution >= 4 is 56.0 Å². The summed E-state index contributed by atoms with van der Waals surface area (Å²) in [7, 11) is -4.11. The predicted octanol–water partition coefficient (Wildman–Crippen LogP) is 5.09. The van der Waals surface area contributed by atoms with Gasteiger partial charge in [0.15, 0.2) is 0 Å². The van der Waals surface area contributed by atoms with Gasteiger partial charge in [0, 0.05) is 15.6 Å². The molecule has 1 heterocycles. The Morgan fingerprint density at radius 2 is 1.73 bits per heavy atom. The second kappa shape index (κ2) is 9.05. The highest BCUT2D eigenvalue weighted by Crippen LogP contribution is 2.25.